The molecule has 22 heavy (non-hydrogen) atoms. The zero-order chi connectivity index (χ0) is 15.9. The molecule has 1 aromatic rings. The van der Waals surface area contributed by atoms with Gasteiger partial charge in [-0.3, -0.25) is 9.59 Å². The van der Waals surface area contributed by atoms with Crippen LogP contribution in [0.25, 0.3) is 0 Å². The molecule has 1 aliphatic heterocycles. The van der Waals surface area contributed by atoms with Gasteiger partial charge in [-0.25, -0.2) is 0 Å². The molecule has 0 radical (unpaired) electrons. The molecule has 1 aliphatic rings. The number of carbonyl (C=O) groups is 2. The summed E-state index contributed by atoms with van der Waals surface area (Å²) in [5.41, 5.74) is 0. The topological polar surface area (TPSA) is 58.6 Å². The summed E-state index contributed by atoms with van der Waals surface area (Å²) in [6.45, 7) is 3.03. The zero-order valence-electron chi connectivity index (χ0n) is 13.0. The SMILES string of the molecule is COc1ccc(SCC(NC(C)=O)C(=O)N2CCCC2)cc1. The van der Waals surface area contributed by atoms with E-state index in [2.05, 4.69) is 5.32 Å². The van der Waals surface area contributed by atoms with Crippen molar-refractivity contribution in [1.29, 1.82) is 0 Å². The molecule has 0 spiro atoms. The van der Waals surface area contributed by atoms with E-state index in [9.17, 15) is 9.59 Å². The third-order valence-electron chi connectivity index (χ3n) is 3.57. The quantitative estimate of drug-likeness (QED) is 0.813. The monoisotopic (exact) mass is 322 g/mol. The lowest BCUT2D eigenvalue weighted by Gasteiger charge is -2.23. The first kappa shape index (κ1) is 16.7. The average Bonchev–Trinajstić information content (AvgIpc) is 3.05. The normalized spacial score (nSPS) is 15.5. The fourth-order valence-corrected chi connectivity index (χ4v) is 3.34. The highest BCUT2D eigenvalue weighted by molar-refractivity contribution is 7.99. The Balaban J connectivity index is 1.96. The van der Waals surface area contributed by atoms with Crippen LogP contribution in [0.1, 0.15) is 19.8 Å². The highest BCUT2D eigenvalue weighted by Crippen LogP contribution is 2.22. The molecule has 120 valence electrons. The van der Waals surface area contributed by atoms with Crippen LogP contribution in [0.3, 0.4) is 0 Å². The summed E-state index contributed by atoms with van der Waals surface area (Å²) >= 11 is 1.56. The van der Waals surface area contributed by atoms with E-state index in [1.807, 2.05) is 29.2 Å². The minimum atomic E-state index is -0.470. The molecule has 0 bridgehead atoms. The molecule has 1 heterocycles. The largest absolute Gasteiger partial charge is 0.497 e. The van der Waals surface area contributed by atoms with Gasteiger partial charge in [0.15, 0.2) is 0 Å². The van der Waals surface area contributed by atoms with Crippen molar-refractivity contribution in [3.05, 3.63) is 24.3 Å². The standard InChI is InChI=1S/C16H22N2O3S/c1-12(19)17-15(16(20)18-9-3-4-10-18)11-22-14-7-5-13(21-2)6-8-14/h5-8,15H,3-4,9-11H2,1-2H3,(H,17,19). The van der Waals surface area contributed by atoms with Gasteiger partial charge < -0.3 is 15.0 Å². The first-order valence-electron chi connectivity index (χ1n) is 7.43. The Kier molecular flexibility index (Phi) is 6.12. The number of nitrogens with one attached hydrogen (secondary N) is 1. The Morgan fingerprint density at radius 2 is 1.91 bits per heavy atom. The van der Waals surface area contributed by atoms with E-state index in [1.54, 1.807) is 18.9 Å². The van der Waals surface area contributed by atoms with Gasteiger partial charge in [0.1, 0.15) is 11.8 Å². The molecule has 0 aliphatic carbocycles. The lowest BCUT2D eigenvalue weighted by atomic mass is 10.3. The molecule has 0 saturated carbocycles. The van der Waals surface area contributed by atoms with Gasteiger partial charge in [-0.05, 0) is 37.1 Å². The molecule has 5 nitrogen and oxygen atoms in total. The lowest BCUT2D eigenvalue weighted by Crippen LogP contribution is -2.48. The van der Waals surface area contributed by atoms with E-state index in [0.29, 0.717) is 5.75 Å². The number of methoxy groups -OCH3 is 1. The minimum Gasteiger partial charge on any atom is -0.497 e. The molecule has 2 rings (SSSR count). The van der Waals surface area contributed by atoms with Crippen molar-refractivity contribution < 1.29 is 14.3 Å². The maximum absolute atomic E-state index is 12.5. The van der Waals surface area contributed by atoms with Gasteiger partial charge >= 0.3 is 0 Å². The van der Waals surface area contributed by atoms with Gasteiger partial charge in [0, 0.05) is 30.7 Å². The van der Waals surface area contributed by atoms with Gasteiger partial charge in [-0.15, -0.1) is 11.8 Å². The van der Waals surface area contributed by atoms with Crippen LogP contribution in [0.5, 0.6) is 5.75 Å². The molecule has 1 fully saturated rings. The second kappa shape index (κ2) is 8.08. The Morgan fingerprint density at radius 1 is 1.27 bits per heavy atom. The van der Waals surface area contributed by atoms with E-state index >= 15 is 0 Å². The summed E-state index contributed by atoms with van der Waals surface area (Å²) in [5, 5.41) is 2.77. The molecule has 1 N–H and O–H groups in total. The van der Waals surface area contributed by atoms with Crippen LogP contribution in [0.4, 0.5) is 0 Å². The number of carbonyl (C=O) groups excluding carboxylic acids is 2. The van der Waals surface area contributed by atoms with Gasteiger partial charge in [0.25, 0.3) is 0 Å². The number of hydrogen-bond donors (Lipinski definition) is 1. The molecular formula is C16H22N2O3S. The van der Waals surface area contributed by atoms with E-state index < -0.39 is 6.04 Å². The molecular weight excluding hydrogens is 300 g/mol. The lowest BCUT2D eigenvalue weighted by molar-refractivity contribution is -0.134. The van der Waals surface area contributed by atoms with Gasteiger partial charge in [-0.1, -0.05) is 0 Å². The van der Waals surface area contributed by atoms with Crippen LogP contribution in [0, 0.1) is 0 Å². The Hall–Kier alpha value is -1.69. The van der Waals surface area contributed by atoms with Crippen molar-refractivity contribution in [2.75, 3.05) is 26.0 Å². The number of ether oxygens (including phenoxy) is 1. The Labute approximate surface area is 135 Å². The summed E-state index contributed by atoms with van der Waals surface area (Å²) in [6, 6.07) is 7.21. The summed E-state index contributed by atoms with van der Waals surface area (Å²) < 4.78 is 5.13. The van der Waals surface area contributed by atoms with E-state index in [-0.39, 0.29) is 11.8 Å². The second-order valence-electron chi connectivity index (χ2n) is 5.27. The van der Waals surface area contributed by atoms with E-state index in [4.69, 9.17) is 4.74 Å². The van der Waals surface area contributed by atoms with Crippen LogP contribution < -0.4 is 10.1 Å². The summed E-state index contributed by atoms with van der Waals surface area (Å²) in [7, 11) is 1.63. The van der Waals surface area contributed by atoms with Gasteiger partial charge in [0.05, 0.1) is 7.11 Å². The third kappa shape index (κ3) is 4.66. The molecule has 6 heteroatoms. The van der Waals surface area contributed by atoms with Crippen LogP contribution in [0.15, 0.2) is 29.2 Å². The Morgan fingerprint density at radius 3 is 2.45 bits per heavy atom. The number of nitrogens with zero attached hydrogens (tertiary/aromatic N) is 1. The molecule has 1 aromatic carbocycles. The average molecular weight is 322 g/mol. The smallest absolute Gasteiger partial charge is 0.246 e. The fraction of sp³-hybridized carbons (Fsp3) is 0.500. The summed E-state index contributed by atoms with van der Waals surface area (Å²) in [4.78, 5) is 26.7. The number of rotatable bonds is 6. The fourth-order valence-electron chi connectivity index (χ4n) is 2.43. The predicted octanol–water partition coefficient (Wildman–Crippen LogP) is 1.91. The van der Waals surface area contributed by atoms with Crippen molar-refractivity contribution in [2.24, 2.45) is 0 Å². The predicted molar refractivity (Wildman–Crippen MR) is 87.1 cm³/mol. The zero-order valence-corrected chi connectivity index (χ0v) is 13.8. The maximum atomic E-state index is 12.5. The minimum absolute atomic E-state index is 0.0220. The number of benzene rings is 1. The number of likely N-dealkylation sites (tertiary alicyclic amines) is 1. The van der Waals surface area contributed by atoms with Crippen molar-refractivity contribution in [3.63, 3.8) is 0 Å². The number of thioether (sulfide) groups is 1. The molecule has 1 unspecified atom stereocenters. The molecule has 0 aromatic heterocycles. The summed E-state index contributed by atoms with van der Waals surface area (Å²) in [6.07, 6.45) is 2.09. The van der Waals surface area contributed by atoms with Crippen LogP contribution in [-0.2, 0) is 9.59 Å². The van der Waals surface area contributed by atoms with Crippen molar-refractivity contribution in [2.45, 2.75) is 30.7 Å². The highest BCUT2D eigenvalue weighted by Gasteiger charge is 2.27. The third-order valence-corrected chi connectivity index (χ3v) is 4.67. The molecule has 1 atom stereocenters. The van der Waals surface area contributed by atoms with Crippen LogP contribution >= 0.6 is 11.8 Å². The van der Waals surface area contributed by atoms with Crippen molar-refractivity contribution in [3.8, 4) is 5.75 Å². The maximum Gasteiger partial charge on any atom is 0.246 e. The van der Waals surface area contributed by atoms with Gasteiger partial charge in [-0.2, -0.15) is 0 Å². The first-order chi connectivity index (χ1) is 10.6. The van der Waals surface area contributed by atoms with Crippen molar-refractivity contribution >= 4 is 23.6 Å². The highest BCUT2D eigenvalue weighted by atomic mass is 32.2. The van der Waals surface area contributed by atoms with Crippen LogP contribution in [0.2, 0.25) is 0 Å². The van der Waals surface area contributed by atoms with Crippen LogP contribution in [-0.4, -0.2) is 48.7 Å². The number of hydrogen-bond acceptors (Lipinski definition) is 4. The van der Waals surface area contributed by atoms with E-state index in [1.165, 1.54) is 6.92 Å². The number of amides is 2. The first-order valence-corrected chi connectivity index (χ1v) is 8.41. The van der Waals surface area contributed by atoms with Gasteiger partial charge in [0.2, 0.25) is 11.8 Å². The van der Waals surface area contributed by atoms with E-state index in [0.717, 1.165) is 36.6 Å². The molecule has 2 amide bonds. The summed E-state index contributed by atoms with van der Waals surface area (Å²) in [5.74, 6) is 1.18. The van der Waals surface area contributed by atoms with Crippen molar-refractivity contribution in [1.82, 2.24) is 10.2 Å². The molecule has 1 saturated heterocycles. The second-order valence-corrected chi connectivity index (χ2v) is 6.37. The Bertz CT molecular complexity index is 513.